The molecule has 2 heterocycles. The number of nitrogens with zero attached hydrogens (tertiary/aromatic N) is 2. The Balaban J connectivity index is 1.62. The molecule has 1 aliphatic carbocycles. The van der Waals surface area contributed by atoms with Gasteiger partial charge in [-0.25, -0.2) is 9.07 Å². The van der Waals surface area contributed by atoms with Crippen LogP contribution in [0.2, 0.25) is 0 Å². The fourth-order valence-corrected chi connectivity index (χ4v) is 4.65. The molecule has 3 unspecified atom stereocenters. The zero-order valence-corrected chi connectivity index (χ0v) is 16.8. The van der Waals surface area contributed by atoms with Crippen LogP contribution in [0, 0.1) is 24.6 Å². The molecular formula is C23H29FN2O2. The van der Waals surface area contributed by atoms with E-state index in [2.05, 4.69) is 12.0 Å². The predicted octanol–water partition coefficient (Wildman–Crippen LogP) is 5.71. The number of halogens is 1. The van der Waals surface area contributed by atoms with Gasteiger partial charge in [-0.15, -0.1) is 0 Å². The summed E-state index contributed by atoms with van der Waals surface area (Å²) in [5.41, 5.74) is 2.67. The van der Waals surface area contributed by atoms with E-state index in [1.165, 1.54) is 12.5 Å². The lowest BCUT2D eigenvalue weighted by atomic mass is 9.76. The van der Waals surface area contributed by atoms with E-state index in [4.69, 9.17) is 4.74 Å². The second-order valence-electron chi connectivity index (χ2n) is 8.36. The Kier molecular flexibility index (Phi) is 5.63. The standard InChI is InChI=1S/C23H29FN2O2/c1-15-7-3-4-8-18(15)23(27)19-11-10-17(14-20(19)24)21-13-16(2)25-26(21)22-9-5-6-12-28-22/h10-11,13-15,18,22H,3-9,12H2,1-2H3. The summed E-state index contributed by atoms with van der Waals surface area (Å²) in [5, 5.41) is 4.58. The summed E-state index contributed by atoms with van der Waals surface area (Å²) < 4.78 is 22.7. The molecular weight excluding hydrogens is 355 g/mol. The Bertz CT molecular complexity index is 854. The van der Waals surface area contributed by atoms with Crippen LogP contribution in [0.25, 0.3) is 11.3 Å². The van der Waals surface area contributed by atoms with E-state index in [0.29, 0.717) is 5.92 Å². The number of benzene rings is 1. The molecule has 1 saturated heterocycles. The lowest BCUT2D eigenvalue weighted by molar-refractivity contribution is -0.0385. The van der Waals surface area contributed by atoms with Gasteiger partial charge in [0.25, 0.3) is 0 Å². The van der Waals surface area contributed by atoms with E-state index in [1.807, 2.05) is 23.7 Å². The molecule has 4 nitrogen and oxygen atoms in total. The number of carbonyl (C=O) groups is 1. The summed E-state index contributed by atoms with van der Waals surface area (Å²) in [6, 6.07) is 6.94. The second kappa shape index (κ2) is 8.16. The molecule has 1 aromatic carbocycles. The summed E-state index contributed by atoms with van der Waals surface area (Å²) in [6.07, 6.45) is 7.11. The lowest BCUT2D eigenvalue weighted by Crippen LogP contribution is -2.26. The van der Waals surface area contributed by atoms with Crippen LogP contribution in [0.15, 0.2) is 24.3 Å². The number of carbonyl (C=O) groups excluding carboxylic acids is 1. The van der Waals surface area contributed by atoms with Crippen LogP contribution in [-0.2, 0) is 4.74 Å². The maximum Gasteiger partial charge on any atom is 0.169 e. The smallest absolute Gasteiger partial charge is 0.169 e. The zero-order valence-electron chi connectivity index (χ0n) is 16.8. The van der Waals surface area contributed by atoms with Gasteiger partial charge in [0, 0.05) is 18.1 Å². The van der Waals surface area contributed by atoms with Gasteiger partial charge in [0.05, 0.1) is 17.0 Å². The van der Waals surface area contributed by atoms with Crippen molar-refractivity contribution in [2.45, 2.75) is 65.0 Å². The van der Waals surface area contributed by atoms with Crippen molar-refractivity contribution >= 4 is 5.78 Å². The van der Waals surface area contributed by atoms with E-state index in [0.717, 1.165) is 62.1 Å². The van der Waals surface area contributed by atoms with Gasteiger partial charge in [-0.1, -0.05) is 32.3 Å². The first-order chi connectivity index (χ1) is 13.5. The van der Waals surface area contributed by atoms with E-state index < -0.39 is 5.82 Å². The first-order valence-corrected chi connectivity index (χ1v) is 10.6. The average Bonchev–Trinajstić information content (AvgIpc) is 3.10. The number of ketones is 1. The number of aryl methyl sites for hydroxylation is 1. The van der Waals surface area contributed by atoms with Gasteiger partial charge < -0.3 is 4.74 Å². The van der Waals surface area contributed by atoms with Crippen LogP contribution in [0.4, 0.5) is 4.39 Å². The fourth-order valence-electron chi connectivity index (χ4n) is 4.65. The van der Waals surface area contributed by atoms with Crippen molar-refractivity contribution in [2.75, 3.05) is 6.61 Å². The number of hydrogen-bond acceptors (Lipinski definition) is 3. The highest BCUT2D eigenvalue weighted by atomic mass is 19.1. The molecule has 1 aromatic heterocycles. The molecule has 4 rings (SSSR count). The quantitative estimate of drug-likeness (QED) is 0.635. The van der Waals surface area contributed by atoms with Gasteiger partial charge >= 0.3 is 0 Å². The van der Waals surface area contributed by atoms with Crippen LogP contribution < -0.4 is 0 Å². The van der Waals surface area contributed by atoms with Gasteiger partial charge in [-0.05, 0) is 56.7 Å². The van der Waals surface area contributed by atoms with Crippen molar-refractivity contribution < 1.29 is 13.9 Å². The molecule has 0 spiro atoms. The molecule has 2 aromatic rings. The minimum absolute atomic E-state index is 0.0449. The molecule has 0 amide bonds. The van der Waals surface area contributed by atoms with Crippen LogP contribution in [-0.4, -0.2) is 22.2 Å². The molecule has 2 fully saturated rings. The molecule has 1 saturated carbocycles. The Morgan fingerprint density at radius 1 is 1.14 bits per heavy atom. The Labute approximate surface area is 166 Å². The Hall–Kier alpha value is -2.01. The molecule has 3 atom stereocenters. The van der Waals surface area contributed by atoms with Crippen molar-refractivity contribution in [1.82, 2.24) is 9.78 Å². The van der Waals surface area contributed by atoms with E-state index >= 15 is 0 Å². The van der Waals surface area contributed by atoms with E-state index in [1.54, 1.807) is 6.07 Å². The summed E-state index contributed by atoms with van der Waals surface area (Å²) in [7, 11) is 0. The number of rotatable bonds is 4. The van der Waals surface area contributed by atoms with Crippen molar-refractivity contribution in [3.8, 4) is 11.3 Å². The van der Waals surface area contributed by atoms with Crippen molar-refractivity contribution in [3.63, 3.8) is 0 Å². The van der Waals surface area contributed by atoms with Crippen LogP contribution in [0.5, 0.6) is 0 Å². The summed E-state index contributed by atoms with van der Waals surface area (Å²) >= 11 is 0. The summed E-state index contributed by atoms with van der Waals surface area (Å²) in [6.45, 7) is 4.77. The van der Waals surface area contributed by atoms with Gasteiger partial charge in [-0.2, -0.15) is 5.10 Å². The van der Waals surface area contributed by atoms with Crippen LogP contribution in [0.3, 0.4) is 0 Å². The maximum absolute atomic E-state index is 15.0. The third-order valence-corrected chi connectivity index (χ3v) is 6.26. The second-order valence-corrected chi connectivity index (χ2v) is 8.36. The molecule has 0 radical (unpaired) electrons. The largest absolute Gasteiger partial charge is 0.356 e. The highest BCUT2D eigenvalue weighted by molar-refractivity contribution is 5.98. The van der Waals surface area contributed by atoms with Crippen molar-refractivity contribution in [3.05, 3.63) is 41.3 Å². The van der Waals surface area contributed by atoms with Gasteiger partial charge in [0.1, 0.15) is 5.82 Å². The summed E-state index contributed by atoms with van der Waals surface area (Å²) in [5.74, 6) is -0.211. The number of ether oxygens (including phenoxy) is 1. The monoisotopic (exact) mass is 384 g/mol. The topological polar surface area (TPSA) is 44.1 Å². The molecule has 28 heavy (non-hydrogen) atoms. The maximum atomic E-state index is 15.0. The third kappa shape index (κ3) is 3.77. The molecule has 5 heteroatoms. The van der Waals surface area contributed by atoms with Crippen LogP contribution in [0.1, 0.15) is 74.1 Å². The number of hydrogen-bond donors (Lipinski definition) is 0. The van der Waals surface area contributed by atoms with Crippen LogP contribution >= 0.6 is 0 Å². The van der Waals surface area contributed by atoms with Gasteiger partial charge in [0.2, 0.25) is 0 Å². The molecule has 0 bridgehead atoms. The summed E-state index contributed by atoms with van der Waals surface area (Å²) in [4.78, 5) is 12.9. The SMILES string of the molecule is Cc1cc(-c2ccc(C(=O)C3CCCCC3C)c(F)c2)n(C2CCCCO2)n1. The molecule has 2 aliphatic rings. The van der Waals surface area contributed by atoms with Gasteiger partial charge in [0.15, 0.2) is 12.0 Å². The normalized spacial score (nSPS) is 25.6. The minimum atomic E-state index is -0.435. The zero-order chi connectivity index (χ0) is 19.7. The van der Waals surface area contributed by atoms with Crippen molar-refractivity contribution in [2.24, 2.45) is 11.8 Å². The van der Waals surface area contributed by atoms with E-state index in [-0.39, 0.29) is 23.5 Å². The van der Waals surface area contributed by atoms with Crippen molar-refractivity contribution in [1.29, 1.82) is 0 Å². The molecule has 0 N–H and O–H groups in total. The third-order valence-electron chi connectivity index (χ3n) is 6.26. The first kappa shape index (κ1) is 19.3. The predicted molar refractivity (Wildman–Crippen MR) is 107 cm³/mol. The minimum Gasteiger partial charge on any atom is -0.356 e. The number of aromatic nitrogens is 2. The lowest BCUT2D eigenvalue weighted by Gasteiger charge is -2.27. The highest BCUT2D eigenvalue weighted by Gasteiger charge is 2.30. The fraction of sp³-hybridized carbons (Fsp3) is 0.565. The van der Waals surface area contributed by atoms with Gasteiger partial charge in [-0.3, -0.25) is 4.79 Å². The number of Topliss-reactive ketones (excluding diaryl/α,β-unsaturated/α-hetero) is 1. The Morgan fingerprint density at radius 2 is 1.93 bits per heavy atom. The van der Waals surface area contributed by atoms with E-state index in [9.17, 15) is 9.18 Å². The molecule has 1 aliphatic heterocycles. The first-order valence-electron chi connectivity index (χ1n) is 10.6. The Morgan fingerprint density at radius 3 is 2.64 bits per heavy atom. The molecule has 150 valence electrons. The highest BCUT2D eigenvalue weighted by Crippen LogP contribution is 2.34. The average molecular weight is 384 g/mol.